The van der Waals surface area contributed by atoms with Gasteiger partial charge in [0.05, 0.1) is 29.0 Å². The molecule has 0 aromatic carbocycles. The monoisotopic (exact) mass is 379 g/mol. The van der Waals surface area contributed by atoms with E-state index in [0.29, 0.717) is 17.1 Å². The van der Waals surface area contributed by atoms with Gasteiger partial charge >= 0.3 is 0 Å². The number of fused-ring (bicyclic) bond motifs is 1. The quantitative estimate of drug-likeness (QED) is 0.500. The van der Waals surface area contributed by atoms with E-state index >= 15 is 0 Å². The smallest absolute Gasteiger partial charge is 0.224 e. The fraction of sp³-hybridized carbons (Fsp3) is 0.158. The van der Waals surface area contributed by atoms with Crippen LogP contribution in [0, 0.1) is 0 Å². The lowest BCUT2D eigenvalue weighted by atomic mass is 10.2. The summed E-state index contributed by atoms with van der Waals surface area (Å²) in [5.74, 6) is -0.213. The molecular weight excluding hydrogens is 362 g/mol. The molecule has 0 aliphatic rings. The van der Waals surface area contributed by atoms with Gasteiger partial charge in [0.15, 0.2) is 5.78 Å². The Bertz CT molecular complexity index is 1050. The van der Waals surface area contributed by atoms with Gasteiger partial charge < -0.3 is 9.72 Å². The molecule has 136 valence electrons. The topological polar surface area (TPSA) is 81.3 Å². The molecule has 0 radical (unpaired) electrons. The number of imidazole rings is 1. The van der Waals surface area contributed by atoms with E-state index in [-0.39, 0.29) is 24.5 Å². The van der Waals surface area contributed by atoms with Crippen LogP contribution in [0.25, 0.3) is 5.65 Å². The maximum atomic E-state index is 12.1. The lowest BCUT2D eigenvalue weighted by molar-refractivity contribution is -0.116. The molecule has 4 heterocycles. The van der Waals surface area contributed by atoms with Gasteiger partial charge in [-0.05, 0) is 23.6 Å². The number of carbonyl (C=O) groups excluding carboxylic acids is 2. The molecule has 0 aliphatic heterocycles. The Balaban J connectivity index is 1.32. The Kier molecular flexibility index (Phi) is 4.80. The lowest BCUT2D eigenvalue weighted by Gasteiger charge is -2.01. The van der Waals surface area contributed by atoms with Crippen LogP contribution in [0.2, 0.25) is 0 Å². The van der Waals surface area contributed by atoms with E-state index < -0.39 is 0 Å². The number of nitrogens with one attached hydrogen (secondary N) is 1. The van der Waals surface area contributed by atoms with Crippen LogP contribution in [-0.2, 0) is 11.3 Å². The van der Waals surface area contributed by atoms with E-state index in [4.69, 9.17) is 0 Å². The number of rotatable bonds is 7. The minimum absolute atomic E-state index is 0.0114. The minimum atomic E-state index is -0.202. The average molecular weight is 379 g/mol. The molecule has 0 unspecified atom stereocenters. The summed E-state index contributed by atoms with van der Waals surface area (Å²) in [6.45, 7) is 0.508. The molecule has 8 heteroatoms. The van der Waals surface area contributed by atoms with E-state index in [2.05, 4.69) is 15.4 Å². The molecule has 4 aromatic heterocycles. The third-order valence-electron chi connectivity index (χ3n) is 4.03. The van der Waals surface area contributed by atoms with Gasteiger partial charge in [-0.2, -0.15) is 5.10 Å². The van der Waals surface area contributed by atoms with Crippen LogP contribution in [-0.4, -0.2) is 30.9 Å². The number of pyridine rings is 1. The fourth-order valence-corrected chi connectivity index (χ4v) is 3.45. The van der Waals surface area contributed by atoms with E-state index in [0.717, 1.165) is 11.3 Å². The Morgan fingerprint density at radius 2 is 2.04 bits per heavy atom. The number of ketones is 1. The zero-order valence-electron chi connectivity index (χ0n) is 14.4. The molecule has 7 nitrogen and oxygen atoms in total. The van der Waals surface area contributed by atoms with E-state index in [1.165, 1.54) is 11.3 Å². The number of nitrogens with zero attached hydrogens (tertiary/aromatic N) is 4. The van der Waals surface area contributed by atoms with Crippen molar-refractivity contribution in [3.8, 4) is 0 Å². The first-order valence-corrected chi connectivity index (χ1v) is 9.37. The van der Waals surface area contributed by atoms with Crippen LogP contribution in [0.5, 0.6) is 0 Å². The van der Waals surface area contributed by atoms with E-state index in [1.54, 1.807) is 23.1 Å². The Morgan fingerprint density at radius 1 is 1.11 bits per heavy atom. The van der Waals surface area contributed by atoms with Crippen LogP contribution in [0.4, 0.5) is 5.69 Å². The Hall–Kier alpha value is -3.26. The molecule has 0 saturated heterocycles. The van der Waals surface area contributed by atoms with Crippen LogP contribution in [0.15, 0.2) is 60.5 Å². The highest BCUT2D eigenvalue weighted by Crippen LogP contribution is 2.14. The summed E-state index contributed by atoms with van der Waals surface area (Å²) in [6, 6.07) is 9.43. The number of thiophene rings is 1. The predicted octanol–water partition coefficient (Wildman–Crippen LogP) is 3.24. The van der Waals surface area contributed by atoms with Crippen molar-refractivity contribution >= 4 is 34.4 Å². The number of hydrogen-bond donors (Lipinski definition) is 1. The summed E-state index contributed by atoms with van der Waals surface area (Å²) < 4.78 is 3.67. The standard InChI is InChI=1S/C19H17N5O2S/c25-16(17-4-3-9-27-17)6-7-19(26)22-14-10-20-24(12-14)13-15-11-23-8-2-1-5-18(23)21-15/h1-5,8-12H,6-7,13H2,(H,22,26). The van der Waals surface area contributed by atoms with Gasteiger partial charge in [-0.15, -0.1) is 11.3 Å². The maximum Gasteiger partial charge on any atom is 0.224 e. The van der Waals surface area contributed by atoms with Gasteiger partial charge in [-0.25, -0.2) is 4.98 Å². The number of carbonyl (C=O) groups is 2. The van der Waals surface area contributed by atoms with Crippen molar-refractivity contribution in [2.75, 3.05) is 5.32 Å². The van der Waals surface area contributed by atoms with Gasteiger partial charge in [-0.3, -0.25) is 14.3 Å². The first kappa shape index (κ1) is 17.2. The van der Waals surface area contributed by atoms with Gasteiger partial charge in [0.1, 0.15) is 5.65 Å². The SMILES string of the molecule is O=C(CCC(=O)c1cccs1)Nc1cnn(Cc2cn3ccccc3n2)c1. The summed E-state index contributed by atoms with van der Waals surface area (Å²) in [7, 11) is 0. The summed E-state index contributed by atoms with van der Waals surface area (Å²) >= 11 is 1.39. The minimum Gasteiger partial charge on any atom is -0.323 e. The zero-order chi connectivity index (χ0) is 18.6. The van der Waals surface area contributed by atoms with Crippen molar-refractivity contribution in [2.24, 2.45) is 0 Å². The molecule has 0 bridgehead atoms. The summed E-state index contributed by atoms with van der Waals surface area (Å²) in [6.07, 6.45) is 7.58. The number of aromatic nitrogens is 4. The summed E-state index contributed by atoms with van der Waals surface area (Å²) in [5.41, 5.74) is 2.36. The summed E-state index contributed by atoms with van der Waals surface area (Å²) in [4.78, 5) is 29.2. The highest BCUT2D eigenvalue weighted by atomic mass is 32.1. The number of Topliss-reactive ketones (excluding diaryl/α,β-unsaturated/α-hetero) is 1. The normalized spacial score (nSPS) is 11.0. The molecule has 0 spiro atoms. The molecule has 0 saturated carbocycles. The zero-order valence-corrected chi connectivity index (χ0v) is 15.2. The molecule has 0 fully saturated rings. The van der Waals surface area contributed by atoms with E-state index in [1.807, 2.05) is 46.4 Å². The largest absolute Gasteiger partial charge is 0.323 e. The molecule has 0 aliphatic carbocycles. The second kappa shape index (κ2) is 7.55. The van der Waals surface area contributed by atoms with Gasteiger partial charge in [0.2, 0.25) is 5.91 Å². The van der Waals surface area contributed by atoms with Crippen molar-refractivity contribution in [1.29, 1.82) is 0 Å². The Labute approximate surface area is 159 Å². The first-order chi connectivity index (χ1) is 13.2. The average Bonchev–Trinajstić information content (AvgIpc) is 3.40. The van der Waals surface area contributed by atoms with Crippen molar-refractivity contribution < 1.29 is 9.59 Å². The molecule has 27 heavy (non-hydrogen) atoms. The van der Waals surface area contributed by atoms with Crippen molar-refractivity contribution in [2.45, 2.75) is 19.4 Å². The number of amides is 1. The van der Waals surface area contributed by atoms with Crippen molar-refractivity contribution in [1.82, 2.24) is 19.2 Å². The number of hydrogen-bond acceptors (Lipinski definition) is 5. The van der Waals surface area contributed by atoms with Crippen LogP contribution in [0.1, 0.15) is 28.2 Å². The molecular formula is C19H17N5O2S. The lowest BCUT2D eigenvalue weighted by Crippen LogP contribution is -2.12. The second-order valence-corrected chi connectivity index (χ2v) is 7.02. The van der Waals surface area contributed by atoms with Crippen molar-refractivity contribution in [3.05, 3.63) is 71.1 Å². The third kappa shape index (κ3) is 4.12. The van der Waals surface area contributed by atoms with Crippen LogP contribution in [0.3, 0.4) is 0 Å². The van der Waals surface area contributed by atoms with Gasteiger partial charge in [0, 0.05) is 31.4 Å². The first-order valence-electron chi connectivity index (χ1n) is 8.49. The predicted molar refractivity (Wildman–Crippen MR) is 103 cm³/mol. The van der Waals surface area contributed by atoms with E-state index in [9.17, 15) is 9.59 Å². The van der Waals surface area contributed by atoms with Crippen LogP contribution < -0.4 is 5.32 Å². The fourth-order valence-electron chi connectivity index (χ4n) is 2.75. The number of anilines is 1. The van der Waals surface area contributed by atoms with Gasteiger partial charge in [-0.1, -0.05) is 12.1 Å². The molecule has 1 amide bonds. The van der Waals surface area contributed by atoms with Gasteiger partial charge in [0.25, 0.3) is 0 Å². The van der Waals surface area contributed by atoms with Crippen LogP contribution >= 0.6 is 11.3 Å². The maximum absolute atomic E-state index is 12.1. The second-order valence-electron chi connectivity index (χ2n) is 6.07. The molecule has 4 aromatic rings. The molecule has 1 N–H and O–H groups in total. The molecule has 4 rings (SSSR count). The molecule has 0 atom stereocenters. The third-order valence-corrected chi connectivity index (χ3v) is 4.94. The highest BCUT2D eigenvalue weighted by molar-refractivity contribution is 7.12. The highest BCUT2D eigenvalue weighted by Gasteiger charge is 2.11. The van der Waals surface area contributed by atoms with Crippen molar-refractivity contribution in [3.63, 3.8) is 0 Å². The summed E-state index contributed by atoms with van der Waals surface area (Å²) in [5, 5.41) is 8.89. The Morgan fingerprint density at radius 3 is 2.85 bits per heavy atom.